The Morgan fingerprint density at radius 2 is 1.57 bits per heavy atom. The molecule has 0 aliphatic heterocycles. The molecule has 0 saturated heterocycles. The van der Waals surface area contributed by atoms with Crippen LogP contribution in [-0.2, 0) is 0 Å². The zero-order chi connectivity index (χ0) is 15.1. The van der Waals surface area contributed by atoms with Gasteiger partial charge in [0.25, 0.3) is 0 Å². The number of benzene rings is 2. The molecule has 0 saturated carbocycles. The highest BCUT2D eigenvalue weighted by Gasteiger charge is 2.07. The summed E-state index contributed by atoms with van der Waals surface area (Å²) in [7, 11) is 4.09. The quantitative estimate of drug-likeness (QED) is 0.838. The first-order valence-corrected chi connectivity index (χ1v) is 7.31. The van der Waals surface area contributed by atoms with Crippen molar-refractivity contribution in [1.82, 2.24) is 4.90 Å². The topological polar surface area (TPSA) is 32.7 Å². The molecule has 1 unspecified atom stereocenters. The minimum Gasteiger partial charge on any atom is -0.457 e. The van der Waals surface area contributed by atoms with Crippen molar-refractivity contribution in [2.45, 2.75) is 18.9 Å². The smallest absolute Gasteiger partial charge is 0.127 e. The molecule has 112 valence electrons. The Bertz CT molecular complexity index is 523. The maximum atomic E-state index is 10.2. The number of hydrogen-bond acceptors (Lipinski definition) is 3. The van der Waals surface area contributed by atoms with Crippen LogP contribution in [0.5, 0.6) is 11.5 Å². The molecule has 0 aromatic heterocycles. The zero-order valence-corrected chi connectivity index (χ0v) is 12.7. The summed E-state index contributed by atoms with van der Waals surface area (Å²) in [6.07, 6.45) is 1.35. The van der Waals surface area contributed by atoms with Crippen LogP contribution < -0.4 is 4.74 Å². The third kappa shape index (κ3) is 5.21. The fourth-order valence-corrected chi connectivity index (χ4v) is 2.15. The van der Waals surface area contributed by atoms with E-state index < -0.39 is 6.10 Å². The van der Waals surface area contributed by atoms with Crippen molar-refractivity contribution in [3.8, 4) is 11.5 Å². The summed E-state index contributed by atoms with van der Waals surface area (Å²) >= 11 is 0. The Labute approximate surface area is 126 Å². The zero-order valence-electron chi connectivity index (χ0n) is 12.7. The van der Waals surface area contributed by atoms with E-state index in [2.05, 4.69) is 4.90 Å². The number of rotatable bonds is 7. The van der Waals surface area contributed by atoms with E-state index in [0.717, 1.165) is 36.4 Å². The highest BCUT2D eigenvalue weighted by atomic mass is 16.5. The molecule has 2 rings (SSSR count). The summed E-state index contributed by atoms with van der Waals surface area (Å²) in [5, 5.41) is 10.2. The van der Waals surface area contributed by atoms with Crippen molar-refractivity contribution in [2.75, 3.05) is 20.6 Å². The van der Waals surface area contributed by atoms with Gasteiger partial charge in [-0.2, -0.15) is 0 Å². The molecule has 0 heterocycles. The summed E-state index contributed by atoms with van der Waals surface area (Å²) in [5.41, 5.74) is 0.939. The first kappa shape index (κ1) is 15.5. The van der Waals surface area contributed by atoms with Crippen molar-refractivity contribution in [3.05, 3.63) is 60.2 Å². The summed E-state index contributed by atoms with van der Waals surface area (Å²) in [5.74, 6) is 1.60. The van der Waals surface area contributed by atoms with E-state index in [-0.39, 0.29) is 0 Å². The molecule has 0 aliphatic carbocycles. The summed E-state index contributed by atoms with van der Waals surface area (Å²) in [4.78, 5) is 2.13. The third-order valence-corrected chi connectivity index (χ3v) is 3.33. The maximum absolute atomic E-state index is 10.2. The van der Waals surface area contributed by atoms with Crippen molar-refractivity contribution in [2.24, 2.45) is 0 Å². The van der Waals surface area contributed by atoms with Gasteiger partial charge in [0.15, 0.2) is 0 Å². The fraction of sp³-hybridized carbons (Fsp3) is 0.333. The maximum Gasteiger partial charge on any atom is 0.127 e. The van der Waals surface area contributed by atoms with Crippen LogP contribution in [-0.4, -0.2) is 30.6 Å². The van der Waals surface area contributed by atoms with E-state index in [1.54, 1.807) is 0 Å². The molecule has 0 fully saturated rings. The van der Waals surface area contributed by atoms with Crippen molar-refractivity contribution < 1.29 is 9.84 Å². The van der Waals surface area contributed by atoms with Gasteiger partial charge in [-0.1, -0.05) is 30.3 Å². The van der Waals surface area contributed by atoms with Crippen LogP contribution >= 0.6 is 0 Å². The van der Waals surface area contributed by atoms with E-state index >= 15 is 0 Å². The normalized spacial score (nSPS) is 12.4. The highest BCUT2D eigenvalue weighted by Crippen LogP contribution is 2.24. The second-order valence-corrected chi connectivity index (χ2v) is 5.45. The van der Waals surface area contributed by atoms with Crippen LogP contribution in [0.1, 0.15) is 24.5 Å². The van der Waals surface area contributed by atoms with Crippen LogP contribution in [0.3, 0.4) is 0 Å². The highest BCUT2D eigenvalue weighted by molar-refractivity contribution is 5.33. The second-order valence-electron chi connectivity index (χ2n) is 5.45. The number of aliphatic hydroxyl groups excluding tert-OH is 1. The van der Waals surface area contributed by atoms with Gasteiger partial charge in [-0.3, -0.25) is 0 Å². The third-order valence-electron chi connectivity index (χ3n) is 3.33. The van der Waals surface area contributed by atoms with Gasteiger partial charge in [-0.15, -0.1) is 0 Å². The fourth-order valence-electron chi connectivity index (χ4n) is 2.15. The predicted octanol–water partition coefficient (Wildman–Crippen LogP) is 3.85. The number of aliphatic hydroxyl groups is 1. The van der Waals surface area contributed by atoms with E-state index in [1.165, 1.54) is 0 Å². The Balaban J connectivity index is 1.89. The molecular formula is C18H23NO2. The molecule has 0 amide bonds. The molecule has 1 atom stereocenters. The van der Waals surface area contributed by atoms with Gasteiger partial charge >= 0.3 is 0 Å². The standard InChI is InChI=1S/C18H23NO2/c1-19(2)14-6-9-18(20)15-10-12-17(13-11-15)21-16-7-4-3-5-8-16/h3-5,7-8,10-13,18,20H,6,9,14H2,1-2H3. The van der Waals surface area contributed by atoms with Crippen LogP contribution in [0.4, 0.5) is 0 Å². The van der Waals surface area contributed by atoms with E-state index in [0.29, 0.717) is 0 Å². The molecule has 3 nitrogen and oxygen atoms in total. The van der Waals surface area contributed by atoms with Gasteiger partial charge in [0, 0.05) is 0 Å². The molecule has 2 aromatic carbocycles. The van der Waals surface area contributed by atoms with Gasteiger partial charge in [0.1, 0.15) is 11.5 Å². The van der Waals surface area contributed by atoms with Crippen molar-refractivity contribution in [3.63, 3.8) is 0 Å². The lowest BCUT2D eigenvalue weighted by molar-refractivity contribution is 0.160. The molecule has 0 aliphatic rings. The lowest BCUT2D eigenvalue weighted by atomic mass is 10.0. The van der Waals surface area contributed by atoms with Crippen LogP contribution in [0.15, 0.2) is 54.6 Å². The van der Waals surface area contributed by atoms with Crippen LogP contribution in [0.25, 0.3) is 0 Å². The molecule has 3 heteroatoms. The first-order chi connectivity index (χ1) is 10.1. The summed E-state index contributed by atoms with van der Waals surface area (Å²) in [6, 6.07) is 17.3. The Kier molecular flexibility index (Phi) is 5.78. The average molecular weight is 285 g/mol. The van der Waals surface area contributed by atoms with Gasteiger partial charge in [-0.25, -0.2) is 0 Å². The molecule has 1 N–H and O–H groups in total. The Morgan fingerprint density at radius 1 is 0.952 bits per heavy atom. The van der Waals surface area contributed by atoms with Gasteiger partial charge < -0.3 is 14.7 Å². The monoisotopic (exact) mass is 285 g/mol. The SMILES string of the molecule is CN(C)CCCC(O)c1ccc(Oc2ccccc2)cc1. The van der Waals surface area contributed by atoms with Gasteiger partial charge in [0.05, 0.1) is 6.10 Å². The predicted molar refractivity (Wildman–Crippen MR) is 85.7 cm³/mol. The Hall–Kier alpha value is -1.84. The molecular weight excluding hydrogens is 262 g/mol. The van der Waals surface area contributed by atoms with E-state index in [4.69, 9.17) is 4.74 Å². The van der Waals surface area contributed by atoms with Crippen molar-refractivity contribution >= 4 is 0 Å². The first-order valence-electron chi connectivity index (χ1n) is 7.31. The number of ether oxygens (including phenoxy) is 1. The number of nitrogens with zero attached hydrogens (tertiary/aromatic N) is 1. The Morgan fingerprint density at radius 3 is 2.19 bits per heavy atom. The van der Waals surface area contributed by atoms with Crippen LogP contribution in [0, 0.1) is 0 Å². The van der Waals surface area contributed by atoms with Crippen molar-refractivity contribution in [1.29, 1.82) is 0 Å². The number of hydrogen-bond donors (Lipinski definition) is 1. The largest absolute Gasteiger partial charge is 0.457 e. The molecule has 0 radical (unpaired) electrons. The van der Waals surface area contributed by atoms with Crippen LogP contribution in [0.2, 0.25) is 0 Å². The molecule has 0 spiro atoms. The minimum atomic E-state index is -0.407. The van der Waals surface area contributed by atoms with Gasteiger partial charge in [0.2, 0.25) is 0 Å². The van der Waals surface area contributed by atoms with E-state index in [1.807, 2.05) is 68.7 Å². The summed E-state index contributed by atoms with van der Waals surface area (Å²) in [6.45, 7) is 0.992. The lowest BCUT2D eigenvalue weighted by Crippen LogP contribution is -2.13. The lowest BCUT2D eigenvalue weighted by Gasteiger charge is -2.14. The second kappa shape index (κ2) is 7.81. The summed E-state index contributed by atoms with van der Waals surface area (Å²) < 4.78 is 5.74. The van der Waals surface area contributed by atoms with Gasteiger partial charge in [-0.05, 0) is 63.3 Å². The molecule has 2 aromatic rings. The number of para-hydroxylation sites is 1. The van der Waals surface area contributed by atoms with E-state index in [9.17, 15) is 5.11 Å². The molecule has 21 heavy (non-hydrogen) atoms. The molecule has 0 bridgehead atoms. The average Bonchev–Trinajstić information content (AvgIpc) is 2.48. The minimum absolute atomic E-state index is 0.407.